The molecule has 0 radical (unpaired) electrons. The Labute approximate surface area is 117 Å². The van der Waals surface area contributed by atoms with Gasteiger partial charge in [-0.25, -0.2) is 0 Å². The zero-order valence-electron chi connectivity index (χ0n) is 11.9. The minimum atomic E-state index is 0.141. The van der Waals surface area contributed by atoms with Gasteiger partial charge >= 0.3 is 0 Å². The molecule has 1 aromatic carbocycles. The smallest absolute Gasteiger partial charge is 0.123 e. The quantitative estimate of drug-likeness (QED) is 0.548. The predicted octanol–water partition coefficient (Wildman–Crippen LogP) is 4.85. The van der Waals surface area contributed by atoms with E-state index in [-0.39, 0.29) is 5.41 Å². The molecule has 0 aliphatic rings. The van der Waals surface area contributed by atoms with Crippen LogP contribution in [-0.4, -0.2) is 12.4 Å². The van der Waals surface area contributed by atoms with Gasteiger partial charge < -0.3 is 4.74 Å². The molecule has 0 aliphatic heterocycles. The van der Waals surface area contributed by atoms with Gasteiger partial charge in [0.25, 0.3) is 0 Å². The molecule has 0 heterocycles. The van der Waals surface area contributed by atoms with Gasteiger partial charge in [0, 0.05) is 0 Å². The highest BCUT2D eigenvalue weighted by atomic mass is 32.1. The molecule has 1 aromatic rings. The van der Waals surface area contributed by atoms with E-state index < -0.39 is 0 Å². The van der Waals surface area contributed by atoms with Crippen molar-refractivity contribution >= 4 is 12.6 Å². The van der Waals surface area contributed by atoms with Gasteiger partial charge in [0.2, 0.25) is 0 Å². The number of hydrogen-bond donors (Lipinski definition) is 1. The van der Waals surface area contributed by atoms with E-state index in [2.05, 4.69) is 51.6 Å². The van der Waals surface area contributed by atoms with Crippen molar-refractivity contribution in [2.45, 2.75) is 51.9 Å². The normalized spacial score (nSPS) is 11.6. The maximum absolute atomic E-state index is 5.92. The van der Waals surface area contributed by atoms with Gasteiger partial charge in [0.15, 0.2) is 0 Å². The number of rotatable bonds is 7. The van der Waals surface area contributed by atoms with Crippen LogP contribution in [0.1, 0.15) is 52.0 Å². The fraction of sp³-hybridized carbons (Fsp3) is 0.625. The molecule has 0 aliphatic carbocycles. The molecule has 1 rings (SSSR count). The number of ether oxygens (including phenoxy) is 1. The summed E-state index contributed by atoms with van der Waals surface area (Å²) in [5.74, 6) is 2.03. The van der Waals surface area contributed by atoms with Crippen LogP contribution < -0.4 is 4.74 Å². The van der Waals surface area contributed by atoms with Crippen LogP contribution in [0.3, 0.4) is 0 Å². The van der Waals surface area contributed by atoms with Crippen LogP contribution in [0.5, 0.6) is 5.75 Å². The summed E-state index contributed by atoms with van der Waals surface area (Å²) in [5, 5.41) is 0. The van der Waals surface area contributed by atoms with E-state index in [1.54, 1.807) is 0 Å². The molecule has 18 heavy (non-hydrogen) atoms. The number of thiol groups is 1. The van der Waals surface area contributed by atoms with E-state index in [4.69, 9.17) is 4.74 Å². The highest BCUT2D eigenvalue weighted by Crippen LogP contribution is 2.30. The van der Waals surface area contributed by atoms with E-state index in [0.717, 1.165) is 24.5 Å². The molecular weight excluding hydrogens is 240 g/mol. The summed E-state index contributed by atoms with van der Waals surface area (Å²) in [6, 6.07) is 8.37. The Morgan fingerprint density at radius 2 is 1.67 bits per heavy atom. The second kappa shape index (κ2) is 7.73. The molecule has 0 saturated carbocycles. The first-order valence-electron chi connectivity index (χ1n) is 6.89. The van der Waals surface area contributed by atoms with E-state index >= 15 is 0 Å². The third-order valence-electron chi connectivity index (χ3n) is 3.01. The van der Waals surface area contributed by atoms with Crippen LogP contribution in [0.4, 0.5) is 0 Å². The molecule has 0 bridgehead atoms. The van der Waals surface area contributed by atoms with Gasteiger partial charge in [-0.1, -0.05) is 51.8 Å². The summed E-state index contributed by atoms with van der Waals surface area (Å²) in [6.45, 7) is 7.49. The molecule has 0 spiro atoms. The Morgan fingerprint density at radius 3 is 2.33 bits per heavy atom. The van der Waals surface area contributed by atoms with Crippen molar-refractivity contribution in [3.05, 3.63) is 29.8 Å². The fourth-order valence-corrected chi connectivity index (χ4v) is 2.19. The lowest BCUT2D eigenvalue weighted by molar-refractivity contribution is 0.297. The zero-order valence-corrected chi connectivity index (χ0v) is 12.8. The summed E-state index contributed by atoms with van der Waals surface area (Å²) >= 11 is 4.22. The minimum Gasteiger partial charge on any atom is -0.493 e. The van der Waals surface area contributed by atoms with Crippen molar-refractivity contribution in [2.75, 3.05) is 12.4 Å². The van der Waals surface area contributed by atoms with E-state index in [9.17, 15) is 0 Å². The number of benzene rings is 1. The molecule has 0 saturated heterocycles. The molecule has 0 aromatic heterocycles. The van der Waals surface area contributed by atoms with Crippen molar-refractivity contribution in [3.8, 4) is 5.75 Å². The topological polar surface area (TPSA) is 9.23 Å². The zero-order chi connectivity index (χ0) is 13.4. The Morgan fingerprint density at radius 1 is 1.00 bits per heavy atom. The van der Waals surface area contributed by atoms with Crippen molar-refractivity contribution in [3.63, 3.8) is 0 Å². The molecule has 0 N–H and O–H groups in total. The summed E-state index contributed by atoms with van der Waals surface area (Å²) in [4.78, 5) is 0. The minimum absolute atomic E-state index is 0.141. The highest BCUT2D eigenvalue weighted by Gasteiger charge is 2.17. The van der Waals surface area contributed by atoms with Crippen LogP contribution in [0, 0.1) is 0 Å². The van der Waals surface area contributed by atoms with Crippen LogP contribution in [0.2, 0.25) is 0 Å². The maximum atomic E-state index is 5.92. The van der Waals surface area contributed by atoms with Gasteiger partial charge in [-0.15, -0.1) is 0 Å². The van der Waals surface area contributed by atoms with Crippen LogP contribution >= 0.6 is 12.6 Å². The Kier molecular flexibility index (Phi) is 6.62. The third-order valence-corrected chi connectivity index (χ3v) is 3.32. The maximum Gasteiger partial charge on any atom is 0.123 e. The van der Waals surface area contributed by atoms with Crippen molar-refractivity contribution in [1.29, 1.82) is 0 Å². The summed E-state index contributed by atoms with van der Waals surface area (Å²) in [6.07, 6.45) is 4.83. The van der Waals surface area contributed by atoms with Gasteiger partial charge in [-0.05, 0) is 35.6 Å². The Balaban J connectivity index is 2.43. The summed E-state index contributed by atoms with van der Waals surface area (Å²) < 4.78 is 5.92. The lowest BCUT2D eigenvalue weighted by Crippen LogP contribution is -2.13. The van der Waals surface area contributed by atoms with Crippen LogP contribution in [-0.2, 0) is 5.41 Å². The Hall–Kier alpha value is -0.630. The molecule has 1 nitrogen and oxygen atoms in total. The van der Waals surface area contributed by atoms with E-state index in [1.807, 2.05) is 6.07 Å². The predicted molar refractivity (Wildman–Crippen MR) is 83.0 cm³/mol. The molecule has 2 heteroatoms. The number of unbranched alkanes of at least 4 members (excludes halogenated alkanes) is 3. The van der Waals surface area contributed by atoms with Crippen molar-refractivity contribution in [2.24, 2.45) is 0 Å². The SMILES string of the molecule is CC(C)(C)c1ccccc1OCCCCCCS. The summed E-state index contributed by atoms with van der Waals surface area (Å²) in [7, 11) is 0. The first kappa shape index (κ1) is 15.4. The molecular formula is C16H26OS. The monoisotopic (exact) mass is 266 g/mol. The van der Waals surface area contributed by atoms with Crippen molar-refractivity contribution in [1.82, 2.24) is 0 Å². The summed E-state index contributed by atoms with van der Waals surface area (Å²) in [5.41, 5.74) is 1.43. The van der Waals surface area contributed by atoms with Gasteiger partial charge in [-0.2, -0.15) is 12.6 Å². The van der Waals surface area contributed by atoms with E-state index in [0.29, 0.717) is 0 Å². The molecule has 0 atom stereocenters. The standard InChI is InChI=1S/C16H26OS/c1-16(2,3)14-10-6-7-11-15(14)17-12-8-4-5-9-13-18/h6-7,10-11,18H,4-5,8-9,12-13H2,1-3H3. The van der Waals surface area contributed by atoms with E-state index in [1.165, 1.54) is 24.8 Å². The van der Waals surface area contributed by atoms with Crippen molar-refractivity contribution < 1.29 is 4.74 Å². The average Bonchev–Trinajstić information content (AvgIpc) is 2.33. The second-order valence-electron chi connectivity index (χ2n) is 5.73. The molecule has 0 unspecified atom stereocenters. The largest absolute Gasteiger partial charge is 0.493 e. The van der Waals surface area contributed by atoms with Gasteiger partial charge in [-0.3, -0.25) is 0 Å². The van der Waals surface area contributed by atoms with Gasteiger partial charge in [0.05, 0.1) is 6.61 Å². The molecule has 102 valence electrons. The highest BCUT2D eigenvalue weighted by molar-refractivity contribution is 7.80. The first-order chi connectivity index (χ1) is 8.55. The van der Waals surface area contributed by atoms with Crippen LogP contribution in [0.25, 0.3) is 0 Å². The lowest BCUT2D eigenvalue weighted by atomic mass is 9.86. The number of para-hydroxylation sites is 1. The lowest BCUT2D eigenvalue weighted by Gasteiger charge is -2.22. The van der Waals surface area contributed by atoms with Crippen LogP contribution in [0.15, 0.2) is 24.3 Å². The Bertz CT molecular complexity index is 341. The molecule has 0 amide bonds. The number of hydrogen-bond acceptors (Lipinski definition) is 2. The molecule has 0 fully saturated rings. The first-order valence-corrected chi connectivity index (χ1v) is 7.52. The van der Waals surface area contributed by atoms with Gasteiger partial charge in [0.1, 0.15) is 5.75 Å². The second-order valence-corrected chi connectivity index (χ2v) is 6.18. The fourth-order valence-electron chi connectivity index (χ4n) is 1.96. The third kappa shape index (κ3) is 5.34. The average molecular weight is 266 g/mol.